The first-order valence-electron chi connectivity index (χ1n) is 6.45. The van der Waals surface area contributed by atoms with Gasteiger partial charge < -0.3 is 10.9 Å². The number of halogens is 1. The van der Waals surface area contributed by atoms with Crippen LogP contribution in [0.1, 0.15) is 16.8 Å². The van der Waals surface area contributed by atoms with E-state index in [2.05, 4.69) is 37.0 Å². The van der Waals surface area contributed by atoms with Crippen LogP contribution >= 0.6 is 15.9 Å². The maximum atomic E-state index is 8.69. The van der Waals surface area contributed by atoms with Gasteiger partial charge in [-0.2, -0.15) is 0 Å². The molecule has 0 saturated carbocycles. The molecule has 0 amide bonds. The highest BCUT2D eigenvalue weighted by atomic mass is 79.9. The Morgan fingerprint density at radius 2 is 2.10 bits per heavy atom. The van der Waals surface area contributed by atoms with Gasteiger partial charge in [-0.1, -0.05) is 39.3 Å². The Balaban J connectivity index is 2.06. The molecule has 5 nitrogen and oxygen atoms in total. The average molecular weight is 349 g/mol. The molecule has 1 aromatic heterocycles. The van der Waals surface area contributed by atoms with Crippen molar-refractivity contribution in [1.82, 2.24) is 9.88 Å². The summed E-state index contributed by atoms with van der Waals surface area (Å²) < 4.78 is 1.10. The average Bonchev–Trinajstić information content (AvgIpc) is 2.49. The number of hydrogen-bond donors (Lipinski definition) is 2. The van der Waals surface area contributed by atoms with E-state index in [0.29, 0.717) is 5.69 Å². The van der Waals surface area contributed by atoms with Crippen LogP contribution < -0.4 is 5.73 Å². The van der Waals surface area contributed by atoms with E-state index in [1.54, 1.807) is 6.20 Å². The van der Waals surface area contributed by atoms with Gasteiger partial charge in [0.05, 0.1) is 0 Å². The van der Waals surface area contributed by atoms with Crippen molar-refractivity contribution in [3.8, 4) is 0 Å². The van der Waals surface area contributed by atoms with Crippen LogP contribution in [0.2, 0.25) is 0 Å². The van der Waals surface area contributed by atoms with Crippen molar-refractivity contribution in [2.24, 2.45) is 10.9 Å². The van der Waals surface area contributed by atoms with Crippen molar-refractivity contribution >= 4 is 21.8 Å². The third kappa shape index (κ3) is 4.27. The first-order chi connectivity index (χ1) is 10.1. The number of benzene rings is 1. The highest BCUT2D eigenvalue weighted by molar-refractivity contribution is 9.10. The van der Waals surface area contributed by atoms with Gasteiger partial charge in [0.15, 0.2) is 5.84 Å². The summed E-state index contributed by atoms with van der Waals surface area (Å²) in [6, 6.07) is 11.9. The van der Waals surface area contributed by atoms with E-state index in [1.165, 1.54) is 5.56 Å². The Kier molecular flexibility index (Phi) is 5.30. The van der Waals surface area contributed by atoms with Crippen LogP contribution in [0.3, 0.4) is 0 Å². The van der Waals surface area contributed by atoms with Gasteiger partial charge in [-0.3, -0.25) is 9.88 Å². The van der Waals surface area contributed by atoms with Gasteiger partial charge >= 0.3 is 0 Å². The van der Waals surface area contributed by atoms with Crippen LogP contribution in [0, 0.1) is 0 Å². The summed E-state index contributed by atoms with van der Waals surface area (Å²) in [5.41, 5.74) is 8.32. The van der Waals surface area contributed by atoms with Crippen LogP contribution in [0.5, 0.6) is 0 Å². The molecule has 0 atom stereocenters. The van der Waals surface area contributed by atoms with Crippen LogP contribution in [-0.4, -0.2) is 28.0 Å². The summed E-state index contributed by atoms with van der Waals surface area (Å²) >= 11 is 3.55. The standard InChI is InChI=1S/C15H17BrN4O/c1-20(10-12-4-2-3-5-13(12)16)9-11-6-7-18-14(8-11)15(17)19-21/h2-8,21H,9-10H2,1H3,(H2,17,19). The van der Waals surface area contributed by atoms with E-state index < -0.39 is 0 Å². The topological polar surface area (TPSA) is 74.7 Å². The minimum absolute atomic E-state index is 0.0188. The molecule has 0 saturated heterocycles. The molecule has 0 radical (unpaired) electrons. The first kappa shape index (κ1) is 15.5. The van der Waals surface area contributed by atoms with Gasteiger partial charge in [0.2, 0.25) is 0 Å². The molecule has 0 spiro atoms. The lowest BCUT2D eigenvalue weighted by molar-refractivity contribution is 0.317. The van der Waals surface area contributed by atoms with E-state index >= 15 is 0 Å². The Bertz CT molecular complexity index is 645. The minimum Gasteiger partial charge on any atom is -0.409 e. The highest BCUT2D eigenvalue weighted by Crippen LogP contribution is 2.18. The molecule has 0 fully saturated rings. The Hall–Kier alpha value is -1.92. The maximum Gasteiger partial charge on any atom is 0.188 e. The summed E-state index contributed by atoms with van der Waals surface area (Å²) in [4.78, 5) is 6.26. The Labute approximate surface area is 132 Å². The van der Waals surface area contributed by atoms with Gasteiger partial charge in [0, 0.05) is 23.8 Å². The lowest BCUT2D eigenvalue weighted by atomic mass is 10.2. The second-order valence-electron chi connectivity index (χ2n) is 4.80. The molecule has 2 rings (SSSR count). The fourth-order valence-electron chi connectivity index (χ4n) is 2.05. The third-order valence-corrected chi connectivity index (χ3v) is 3.82. The molecular weight excluding hydrogens is 332 g/mol. The van der Waals surface area contributed by atoms with Crippen molar-refractivity contribution in [3.63, 3.8) is 0 Å². The molecular formula is C15H17BrN4O. The van der Waals surface area contributed by atoms with Gasteiger partial charge in [0.1, 0.15) is 5.69 Å². The van der Waals surface area contributed by atoms with E-state index in [4.69, 9.17) is 10.9 Å². The number of aromatic nitrogens is 1. The van der Waals surface area contributed by atoms with Crippen molar-refractivity contribution in [1.29, 1.82) is 0 Å². The third-order valence-electron chi connectivity index (χ3n) is 3.05. The number of oxime groups is 1. The zero-order valence-electron chi connectivity index (χ0n) is 11.7. The monoisotopic (exact) mass is 348 g/mol. The largest absolute Gasteiger partial charge is 0.409 e. The van der Waals surface area contributed by atoms with E-state index in [9.17, 15) is 0 Å². The SMILES string of the molecule is CN(Cc1ccnc(C(N)=NO)c1)Cc1ccccc1Br. The van der Waals surface area contributed by atoms with E-state index in [0.717, 1.165) is 23.1 Å². The predicted octanol–water partition coefficient (Wildman–Crippen LogP) is 2.57. The van der Waals surface area contributed by atoms with Crippen molar-refractivity contribution in [2.75, 3.05) is 7.05 Å². The van der Waals surface area contributed by atoms with Gasteiger partial charge in [-0.15, -0.1) is 0 Å². The summed E-state index contributed by atoms with van der Waals surface area (Å²) in [6.07, 6.45) is 1.66. The number of nitrogens with zero attached hydrogens (tertiary/aromatic N) is 3. The lowest BCUT2D eigenvalue weighted by Crippen LogP contribution is -2.19. The van der Waals surface area contributed by atoms with Gasteiger partial charge in [-0.05, 0) is 36.4 Å². The van der Waals surface area contributed by atoms with E-state index in [1.807, 2.05) is 37.4 Å². The molecule has 0 bridgehead atoms. The molecule has 1 heterocycles. The fraction of sp³-hybridized carbons (Fsp3) is 0.200. The second kappa shape index (κ2) is 7.19. The summed E-state index contributed by atoms with van der Waals surface area (Å²) in [6.45, 7) is 1.57. The van der Waals surface area contributed by atoms with Crippen molar-refractivity contribution in [2.45, 2.75) is 13.1 Å². The zero-order valence-corrected chi connectivity index (χ0v) is 13.3. The summed E-state index contributed by atoms with van der Waals surface area (Å²) in [5, 5.41) is 11.7. The van der Waals surface area contributed by atoms with Gasteiger partial charge in [0.25, 0.3) is 0 Å². The molecule has 3 N–H and O–H groups in total. The quantitative estimate of drug-likeness (QED) is 0.377. The van der Waals surface area contributed by atoms with Crippen LogP contribution in [0.15, 0.2) is 52.2 Å². The highest BCUT2D eigenvalue weighted by Gasteiger charge is 2.07. The molecule has 6 heteroatoms. The van der Waals surface area contributed by atoms with Crippen LogP contribution in [0.25, 0.3) is 0 Å². The Morgan fingerprint density at radius 1 is 1.33 bits per heavy atom. The maximum absolute atomic E-state index is 8.69. The lowest BCUT2D eigenvalue weighted by Gasteiger charge is -2.18. The van der Waals surface area contributed by atoms with Gasteiger partial charge in [-0.25, -0.2) is 0 Å². The number of hydrogen-bond acceptors (Lipinski definition) is 4. The molecule has 0 unspecified atom stereocenters. The number of pyridine rings is 1. The van der Waals surface area contributed by atoms with Crippen LogP contribution in [-0.2, 0) is 13.1 Å². The molecule has 0 aliphatic carbocycles. The molecule has 110 valence electrons. The molecule has 0 aliphatic rings. The zero-order chi connectivity index (χ0) is 15.2. The van der Waals surface area contributed by atoms with E-state index in [-0.39, 0.29) is 5.84 Å². The smallest absolute Gasteiger partial charge is 0.188 e. The molecule has 0 aliphatic heterocycles. The first-order valence-corrected chi connectivity index (χ1v) is 7.24. The fourth-order valence-corrected chi connectivity index (χ4v) is 2.46. The second-order valence-corrected chi connectivity index (χ2v) is 5.65. The normalized spacial score (nSPS) is 11.9. The minimum atomic E-state index is 0.0188. The van der Waals surface area contributed by atoms with Crippen molar-refractivity contribution < 1.29 is 5.21 Å². The van der Waals surface area contributed by atoms with Crippen molar-refractivity contribution in [3.05, 3.63) is 63.9 Å². The molecule has 1 aromatic carbocycles. The van der Waals surface area contributed by atoms with Crippen LogP contribution in [0.4, 0.5) is 0 Å². The Morgan fingerprint density at radius 3 is 2.81 bits per heavy atom. The number of nitrogens with two attached hydrogens (primary N) is 1. The summed E-state index contributed by atoms with van der Waals surface area (Å²) in [7, 11) is 2.04. The molecule has 2 aromatic rings. The number of rotatable bonds is 5. The molecule has 21 heavy (non-hydrogen) atoms. The number of amidine groups is 1. The summed E-state index contributed by atoms with van der Waals surface area (Å²) in [5.74, 6) is 0.0188. The predicted molar refractivity (Wildman–Crippen MR) is 86.1 cm³/mol.